The van der Waals surface area contributed by atoms with Gasteiger partial charge in [0.1, 0.15) is 5.76 Å². The molecule has 106 valence electrons. The number of halogens is 1. The first kappa shape index (κ1) is 13.7. The molecule has 20 heavy (non-hydrogen) atoms. The van der Waals surface area contributed by atoms with Gasteiger partial charge in [0, 0.05) is 0 Å². The summed E-state index contributed by atoms with van der Waals surface area (Å²) in [7, 11) is 0. The maximum Gasteiger partial charge on any atom is 0.193 e. The van der Waals surface area contributed by atoms with Crippen LogP contribution in [0.5, 0.6) is 0 Å². The van der Waals surface area contributed by atoms with Gasteiger partial charge in [0.15, 0.2) is 5.22 Å². The third kappa shape index (κ3) is 2.63. The molecule has 0 aliphatic heterocycles. The van der Waals surface area contributed by atoms with E-state index in [1.807, 2.05) is 12.1 Å². The Labute approximate surface area is 125 Å². The van der Waals surface area contributed by atoms with E-state index in [1.54, 1.807) is 0 Å². The predicted molar refractivity (Wildman–Crippen MR) is 82.3 cm³/mol. The molecule has 1 aromatic heterocycles. The van der Waals surface area contributed by atoms with Crippen molar-refractivity contribution in [3.8, 4) is 0 Å². The topological polar surface area (TPSA) is 25.2 Å². The minimum Gasteiger partial charge on any atom is -0.448 e. The summed E-state index contributed by atoms with van der Waals surface area (Å²) in [6.45, 7) is 3.01. The Morgan fingerprint density at radius 1 is 1.25 bits per heavy atom. The average molecular weight is 290 g/mol. The Morgan fingerprint density at radius 2 is 2.05 bits per heavy atom. The third-order valence-corrected chi connectivity index (χ3v) is 4.34. The van der Waals surface area contributed by atoms with Crippen LogP contribution in [0.25, 0.3) is 0 Å². The Morgan fingerprint density at radius 3 is 2.65 bits per heavy atom. The van der Waals surface area contributed by atoms with Crippen LogP contribution in [0.2, 0.25) is 5.22 Å². The van der Waals surface area contributed by atoms with Crippen molar-refractivity contribution >= 4 is 11.6 Å². The zero-order chi connectivity index (χ0) is 13.9. The average Bonchev–Trinajstić information content (AvgIpc) is 2.81. The minimum absolute atomic E-state index is 0.0873. The van der Waals surface area contributed by atoms with Gasteiger partial charge < -0.3 is 9.73 Å². The Kier molecular flexibility index (Phi) is 4.13. The maximum atomic E-state index is 5.94. The maximum absolute atomic E-state index is 5.94. The summed E-state index contributed by atoms with van der Waals surface area (Å²) >= 11 is 5.94. The molecule has 1 aromatic carbocycles. The van der Waals surface area contributed by atoms with Gasteiger partial charge in [-0.2, -0.15) is 0 Å². The van der Waals surface area contributed by atoms with E-state index in [-0.39, 0.29) is 6.04 Å². The van der Waals surface area contributed by atoms with Crippen molar-refractivity contribution in [1.82, 2.24) is 5.32 Å². The van der Waals surface area contributed by atoms with Crippen LogP contribution in [0.15, 0.2) is 40.8 Å². The van der Waals surface area contributed by atoms with E-state index in [2.05, 4.69) is 36.5 Å². The normalized spacial score (nSPS) is 16.9. The number of rotatable bonds is 5. The van der Waals surface area contributed by atoms with Crippen LogP contribution in [0.1, 0.15) is 55.0 Å². The minimum atomic E-state index is 0.0873. The molecular formula is C17H20ClNO. The Bertz CT molecular complexity index is 574. The summed E-state index contributed by atoms with van der Waals surface area (Å²) in [6, 6.07) is 12.6. The lowest BCUT2D eigenvalue weighted by Gasteiger charge is -2.30. The molecule has 3 heteroatoms. The van der Waals surface area contributed by atoms with Crippen molar-refractivity contribution in [2.24, 2.45) is 0 Å². The second-order valence-corrected chi connectivity index (χ2v) is 5.76. The van der Waals surface area contributed by atoms with E-state index in [9.17, 15) is 0 Å². The molecular weight excluding hydrogens is 270 g/mol. The summed E-state index contributed by atoms with van der Waals surface area (Å²) in [6.07, 6.45) is 3.95. The molecule has 0 spiro atoms. The molecule has 1 aliphatic carbocycles. The molecule has 1 fully saturated rings. The largest absolute Gasteiger partial charge is 0.448 e. The van der Waals surface area contributed by atoms with Gasteiger partial charge in [0.2, 0.25) is 0 Å². The van der Waals surface area contributed by atoms with Gasteiger partial charge in [-0.05, 0) is 60.2 Å². The lowest BCUT2D eigenvalue weighted by Crippen LogP contribution is -2.24. The fourth-order valence-corrected chi connectivity index (χ4v) is 3.07. The number of nitrogens with one attached hydrogen (secondary N) is 1. The van der Waals surface area contributed by atoms with Gasteiger partial charge >= 0.3 is 0 Å². The van der Waals surface area contributed by atoms with Gasteiger partial charge in [-0.15, -0.1) is 0 Å². The van der Waals surface area contributed by atoms with E-state index >= 15 is 0 Å². The molecule has 1 N–H and O–H groups in total. The molecule has 0 bridgehead atoms. The molecule has 2 nitrogen and oxygen atoms in total. The van der Waals surface area contributed by atoms with Crippen LogP contribution in [-0.2, 0) is 0 Å². The molecule has 3 rings (SSSR count). The second kappa shape index (κ2) is 6.02. The highest BCUT2D eigenvalue weighted by atomic mass is 35.5. The standard InChI is InChI=1S/C17H20ClNO/c1-2-19-17(15-10-11-16(18)20-15)14-9-4-3-8-13(14)12-6-5-7-12/h3-4,8-12,17,19H,2,5-7H2,1H3. The molecule has 1 atom stereocenters. The SMILES string of the molecule is CCNC(c1ccc(Cl)o1)c1ccccc1C1CCC1. The van der Waals surface area contributed by atoms with Gasteiger partial charge in [0.25, 0.3) is 0 Å². The highest BCUT2D eigenvalue weighted by molar-refractivity contribution is 6.28. The fourth-order valence-electron chi connectivity index (χ4n) is 2.92. The summed E-state index contributed by atoms with van der Waals surface area (Å²) in [5, 5.41) is 3.97. The van der Waals surface area contributed by atoms with Crippen molar-refractivity contribution in [2.75, 3.05) is 6.54 Å². The highest BCUT2D eigenvalue weighted by Crippen LogP contribution is 2.40. The molecule has 1 saturated carbocycles. The number of hydrogen-bond donors (Lipinski definition) is 1. The molecule has 0 saturated heterocycles. The first-order chi connectivity index (χ1) is 9.79. The van der Waals surface area contributed by atoms with Crippen LogP contribution >= 0.6 is 11.6 Å². The zero-order valence-electron chi connectivity index (χ0n) is 11.7. The molecule has 0 radical (unpaired) electrons. The van der Waals surface area contributed by atoms with Crippen molar-refractivity contribution < 1.29 is 4.42 Å². The van der Waals surface area contributed by atoms with Crippen molar-refractivity contribution in [3.05, 3.63) is 58.5 Å². The van der Waals surface area contributed by atoms with E-state index in [0.29, 0.717) is 11.1 Å². The fraction of sp³-hybridized carbons (Fsp3) is 0.412. The molecule has 1 unspecified atom stereocenters. The predicted octanol–water partition coefficient (Wildman–Crippen LogP) is 4.90. The van der Waals surface area contributed by atoms with Crippen molar-refractivity contribution in [1.29, 1.82) is 0 Å². The first-order valence-corrected chi connectivity index (χ1v) is 7.75. The molecule has 0 amide bonds. The smallest absolute Gasteiger partial charge is 0.193 e. The zero-order valence-corrected chi connectivity index (χ0v) is 12.5. The van der Waals surface area contributed by atoms with Crippen LogP contribution < -0.4 is 5.32 Å². The molecule has 2 aromatic rings. The third-order valence-electron chi connectivity index (χ3n) is 4.14. The summed E-state index contributed by atoms with van der Waals surface area (Å²) in [4.78, 5) is 0. The Hall–Kier alpha value is -1.25. The monoisotopic (exact) mass is 289 g/mol. The van der Waals surface area contributed by atoms with Gasteiger partial charge in [-0.1, -0.05) is 37.6 Å². The van der Waals surface area contributed by atoms with Crippen LogP contribution in [0, 0.1) is 0 Å². The lowest BCUT2D eigenvalue weighted by atomic mass is 9.77. The van der Waals surface area contributed by atoms with Crippen molar-refractivity contribution in [3.63, 3.8) is 0 Å². The first-order valence-electron chi connectivity index (χ1n) is 7.37. The highest BCUT2D eigenvalue weighted by Gasteiger charge is 2.26. The van der Waals surface area contributed by atoms with Gasteiger partial charge in [-0.3, -0.25) is 0 Å². The van der Waals surface area contributed by atoms with E-state index < -0.39 is 0 Å². The Balaban J connectivity index is 1.98. The van der Waals surface area contributed by atoms with E-state index in [1.165, 1.54) is 30.4 Å². The van der Waals surface area contributed by atoms with Gasteiger partial charge in [0.05, 0.1) is 6.04 Å². The van der Waals surface area contributed by atoms with Crippen molar-refractivity contribution in [2.45, 2.75) is 38.1 Å². The van der Waals surface area contributed by atoms with E-state index in [4.69, 9.17) is 16.0 Å². The second-order valence-electron chi connectivity index (χ2n) is 5.39. The van der Waals surface area contributed by atoms with Crippen LogP contribution in [0.4, 0.5) is 0 Å². The number of hydrogen-bond acceptors (Lipinski definition) is 2. The summed E-state index contributed by atoms with van der Waals surface area (Å²) in [5.74, 6) is 1.60. The number of furan rings is 1. The summed E-state index contributed by atoms with van der Waals surface area (Å²) in [5.41, 5.74) is 2.78. The molecule has 1 heterocycles. The quantitative estimate of drug-likeness (QED) is 0.847. The van der Waals surface area contributed by atoms with Crippen LogP contribution in [-0.4, -0.2) is 6.54 Å². The summed E-state index contributed by atoms with van der Waals surface area (Å²) < 4.78 is 5.64. The van der Waals surface area contributed by atoms with Gasteiger partial charge in [-0.25, -0.2) is 0 Å². The van der Waals surface area contributed by atoms with E-state index in [0.717, 1.165) is 12.3 Å². The number of benzene rings is 1. The lowest BCUT2D eigenvalue weighted by molar-refractivity contribution is 0.407. The molecule has 1 aliphatic rings. The van der Waals surface area contributed by atoms with Crippen LogP contribution in [0.3, 0.4) is 0 Å².